The maximum Gasteiger partial charge on any atom is 0.317 e. The molecule has 3 aliphatic rings. The van der Waals surface area contributed by atoms with Crippen LogP contribution in [0.2, 0.25) is 0 Å². The van der Waals surface area contributed by atoms with Gasteiger partial charge in [0.15, 0.2) is 0 Å². The molecule has 6 atom stereocenters. The molecule has 3 saturated carbocycles. The highest BCUT2D eigenvalue weighted by molar-refractivity contribution is 5.82. The Bertz CT molecular complexity index is 799. The van der Waals surface area contributed by atoms with Gasteiger partial charge in [0.1, 0.15) is 12.0 Å². The Balaban J connectivity index is 1.48. The van der Waals surface area contributed by atoms with Crippen molar-refractivity contribution < 1.29 is 49.0 Å². The molecule has 14 nitrogen and oxygen atoms in total. The fourth-order valence-electron chi connectivity index (χ4n) is 5.75. The molecule has 0 aromatic rings. The summed E-state index contributed by atoms with van der Waals surface area (Å²) in [4.78, 5) is 68.2. The predicted molar refractivity (Wildman–Crippen MR) is 118 cm³/mol. The fraction of sp³-hybridized carbons (Fsp3) is 0.864. The first kappa shape index (κ1) is 27.7. The summed E-state index contributed by atoms with van der Waals surface area (Å²) in [6.45, 7) is -0.224. The molecule has 2 N–H and O–H groups in total. The number of rotatable bonds is 10. The Morgan fingerprint density at radius 2 is 1.28 bits per heavy atom. The van der Waals surface area contributed by atoms with Gasteiger partial charge >= 0.3 is 17.9 Å². The van der Waals surface area contributed by atoms with E-state index in [4.69, 9.17) is 14.5 Å². The lowest BCUT2D eigenvalue weighted by Gasteiger charge is -2.33. The number of hydrogen-bond acceptors (Lipinski definition) is 10. The molecule has 0 amide bonds. The van der Waals surface area contributed by atoms with Crippen molar-refractivity contribution in [2.75, 3.05) is 6.61 Å². The first-order valence-corrected chi connectivity index (χ1v) is 12.3. The number of carbonyl (C=O) groups excluding carboxylic acids is 1. The molecule has 0 saturated heterocycles. The summed E-state index contributed by atoms with van der Waals surface area (Å²) in [6, 6.07) is -2.31. The molecule has 0 aliphatic heterocycles. The van der Waals surface area contributed by atoms with Crippen LogP contribution in [0.1, 0.15) is 64.2 Å². The average molecular weight is 517 g/mol. The number of carboxylic acid groups (broad SMARTS) is 2. The van der Waals surface area contributed by atoms with Crippen LogP contribution in [0.5, 0.6) is 0 Å². The summed E-state index contributed by atoms with van der Waals surface area (Å²) in [5, 5.41) is 41.6. The summed E-state index contributed by atoms with van der Waals surface area (Å²) in [5.41, 5.74) is 0. The van der Waals surface area contributed by atoms with Crippen LogP contribution in [0.25, 0.3) is 0 Å². The second kappa shape index (κ2) is 12.4. The molecule has 3 aliphatic carbocycles. The van der Waals surface area contributed by atoms with Gasteiger partial charge in [0.05, 0.1) is 30.5 Å². The molecule has 36 heavy (non-hydrogen) atoms. The Kier molecular flexibility index (Phi) is 9.54. The lowest BCUT2D eigenvalue weighted by Crippen LogP contribution is -2.47. The Labute approximate surface area is 206 Å². The van der Waals surface area contributed by atoms with Gasteiger partial charge in [0.25, 0.3) is 0 Å². The van der Waals surface area contributed by atoms with Gasteiger partial charge < -0.3 is 14.9 Å². The predicted octanol–water partition coefficient (Wildman–Crippen LogP) is 2.08. The van der Waals surface area contributed by atoms with Crippen molar-refractivity contribution in [1.29, 1.82) is 0 Å². The minimum Gasteiger partial charge on any atom is -0.481 e. The molecule has 0 radical (unpaired) electrons. The van der Waals surface area contributed by atoms with E-state index in [0.29, 0.717) is 44.9 Å². The second-order valence-corrected chi connectivity index (χ2v) is 9.86. The highest BCUT2D eigenvalue weighted by Crippen LogP contribution is 2.35. The van der Waals surface area contributed by atoms with Gasteiger partial charge in [-0.15, -0.1) is 0 Å². The normalized spacial score (nSPS) is 34.9. The standard InChI is InChI=1S/C22H32N2O12/c25-20(26)14-3-1-5-17(23(30)31)16(14)11-34-36-13-9-7-12(8-10-13)35-22(29)19-15(21(27)28)4-2-6-18(19)24(32)33/h12-19H,1-11H2,(H,25,26)(H,27,28). The number of carboxylic acids is 2. The van der Waals surface area contributed by atoms with Gasteiger partial charge in [-0.3, -0.25) is 34.6 Å². The van der Waals surface area contributed by atoms with E-state index in [0.717, 1.165) is 0 Å². The number of esters is 1. The van der Waals surface area contributed by atoms with Gasteiger partial charge in [-0.05, 0) is 51.4 Å². The molecular weight excluding hydrogens is 484 g/mol. The number of nitro groups is 2. The van der Waals surface area contributed by atoms with Crippen LogP contribution < -0.4 is 0 Å². The number of aliphatic carboxylic acids is 2. The molecule has 0 aromatic carbocycles. The van der Waals surface area contributed by atoms with Crippen LogP contribution in [0.15, 0.2) is 0 Å². The minimum absolute atomic E-state index is 0.121. The first-order chi connectivity index (χ1) is 17.1. The quantitative estimate of drug-likeness (QED) is 0.185. The Morgan fingerprint density at radius 3 is 1.83 bits per heavy atom. The first-order valence-electron chi connectivity index (χ1n) is 12.3. The lowest BCUT2D eigenvalue weighted by atomic mass is 9.76. The van der Waals surface area contributed by atoms with Crippen LogP contribution in [-0.4, -0.2) is 68.9 Å². The summed E-state index contributed by atoms with van der Waals surface area (Å²) in [5.74, 6) is -7.41. The smallest absolute Gasteiger partial charge is 0.317 e. The SMILES string of the molecule is O=C(O)C1CCCC([N+](=O)[O-])C1COOC1CCC(OC(=O)C2C(C(=O)O)CCCC2[N+](=O)[O-])CC1. The molecule has 0 bridgehead atoms. The molecule has 6 unspecified atom stereocenters. The summed E-state index contributed by atoms with van der Waals surface area (Å²) < 4.78 is 5.48. The van der Waals surface area contributed by atoms with Gasteiger partial charge in [-0.1, -0.05) is 0 Å². The molecule has 14 heteroatoms. The maximum absolute atomic E-state index is 12.7. The topological polar surface area (TPSA) is 206 Å². The third-order valence-corrected chi connectivity index (χ3v) is 7.71. The van der Waals surface area contributed by atoms with Crippen LogP contribution in [0.4, 0.5) is 0 Å². The number of hydrogen-bond donors (Lipinski definition) is 2. The third-order valence-electron chi connectivity index (χ3n) is 7.71. The van der Waals surface area contributed by atoms with Crippen molar-refractivity contribution in [1.82, 2.24) is 0 Å². The molecule has 0 aromatic heterocycles. The third kappa shape index (κ3) is 6.66. The summed E-state index contributed by atoms with van der Waals surface area (Å²) in [6.07, 6.45) is 2.35. The van der Waals surface area contributed by atoms with Crippen molar-refractivity contribution in [2.45, 2.75) is 88.5 Å². The van der Waals surface area contributed by atoms with Crippen LogP contribution in [0, 0.1) is 43.9 Å². The van der Waals surface area contributed by atoms with E-state index in [1.165, 1.54) is 0 Å². The van der Waals surface area contributed by atoms with Gasteiger partial charge in [0, 0.05) is 22.7 Å². The van der Waals surface area contributed by atoms with Crippen molar-refractivity contribution in [3.8, 4) is 0 Å². The van der Waals surface area contributed by atoms with Crippen molar-refractivity contribution in [3.63, 3.8) is 0 Å². The largest absolute Gasteiger partial charge is 0.481 e. The zero-order valence-electron chi connectivity index (χ0n) is 19.8. The Morgan fingerprint density at radius 1 is 0.750 bits per heavy atom. The van der Waals surface area contributed by atoms with Gasteiger partial charge in [-0.2, -0.15) is 0 Å². The van der Waals surface area contributed by atoms with E-state index in [-0.39, 0.29) is 25.9 Å². The summed E-state index contributed by atoms with van der Waals surface area (Å²) in [7, 11) is 0. The highest BCUT2D eigenvalue weighted by atomic mass is 17.2. The second-order valence-electron chi connectivity index (χ2n) is 9.86. The van der Waals surface area contributed by atoms with Crippen molar-refractivity contribution >= 4 is 17.9 Å². The van der Waals surface area contributed by atoms with E-state index in [1.807, 2.05) is 0 Å². The van der Waals surface area contributed by atoms with E-state index in [2.05, 4.69) is 0 Å². The van der Waals surface area contributed by atoms with Crippen LogP contribution in [0.3, 0.4) is 0 Å². The van der Waals surface area contributed by atoms with E-state index < -0.39 is 75.7 Å². The molecule has 3 rings (SSSR count). The maximum atomic E-state index is 12.7. The number of carbonyl (C=O) groups is 3. The number of nitrogens with zero attached hydrogens (tertiary/aromatic N) is 2. The molecule has 0 heterocycles. The molecular formula is C22H32N2O12. The van der Waals surface area contributed by atoms with Crippen molar-refractivity contribution in [2.24, 2.45) is 23.7 Å². The lowest BCUT2D eigenvalue weighted by molar-refractivity contribution is -0.541. The van der Waals surface area contributed by atoms with E-state index >= 15 is 0 Å². The molecule has 3 fully saturated rings. The monoisotopic (exact) mass is 516 g/mol. The fourth-order valence-corrected chi connectivity index (χ4v) is 5.75. The van der Waals surface area contributed by atoms with Crippen LogP contribution >= 0.6 is 0 Å². The zero-order chi connectivity index (χ0) is 26.4. The van der Waals surface area contributed by atoms with Crippen molar-refractivity contribution in [3.05, 3.63) is 20.2 Å². The van der Waals surface area contributed by atoms with E-state index in [9.17, 15) is 44.8 Å². The Hall–Kier alpha value is -2.87. The van der Waals surface area contributed by atoms with E-state index in [1.54, 1.807) is 0 Å². The average Bonchev–Trinajstić information content (AvgIpc) is 2.84. The molecule has 202 valence electrons. The minimum atomic E-state index is -1.34. The van der Waals surface area contributed by atoms with Gasteiger partial charge in [0.2, 0.25) is 12.1 Å². The summed E-state index contributed by atoms with van der Waals surface area (Å²) >= 11 is 0. The molecule has 0 spiro atoms. The van der Waals surface area contributed by atoms with Gasteiger partial charge in [-0.25, -0.2) is 9.78 Å². The number of ether oxygens (including phenoxy) is 1. The highest BCUT2D eigenvalue weighted by Gasteiger charge is 2.50. The zero-order valence-corrected chi connectivity index (χ0v) is 19.8. The van der Waals surface area contributed by atoms with Crippen LogP contribution in [-0.2, 0) is 28.9 Å².